The highest BCUT2D eigenvalue weighted by atomic mass is 32.1. The van der Waals surface area contributed by atoms with Gasteiger partial charge in [0.2, 0.25) is 4.77 Å². The van der Waals surface area contributed by atoms with Crippen LogP contribution in [0.2, 0.25) is 0 Å². The molecule has 0 aliphatic heterocycles. The molecular formula is C9H7F2N3S. The van der Waals surface area contributed by atoms with Crippen molar-refractivity contribution in [1.29, 1.82) is 0 Å². The van der Waals surface area contributed by atoms with Gasteiger partial charge in [-0.05, 0) is 24.4 Å². The number of nitrogens with one attached hydrogen (secondary N) is 1. The topological polar surface area (TPSA) is 33.6 Å². The molecule has 0 radical (unpaired) electrons. The Morgan fingerprint density at radius 3 is 2.67 bits per heavy atom. The fraction of sp³-hybridized carbons (Fsp3) is 0.111. The summed E-state index contributed by atoms with van der Waals surface area (Å²) < 4.78 is 27.8. The van der Waals surface area contributed by atoms with Crippen molar-refractivity contribution in [2.75, 3.05) is 0 Å². The van der Waals surface area contributed by atoms with E-state index in [0.717, 1.165) is 6.07 Å². The molecule has 0 atom stereocenters. The smallest absolute Gasteiger partial charge is 0.216 e. The summed E-state index contributed by atoms with van der Waals surface area (Å²) in [5.41, 5.74) is 0.197. The van der Waals surface area contributed by atoms with Gasteiger partial charge in [0.25, 0.3) is 0 Å². The molecule has 15 heavy (non-hydrogen) atoms. The van der Waals surface area contributed by atoms with Gasteiger partial charge in [-0.2, -0.15) is 4.98 Å². The zero-order valence-corrected chi connectivity index (χ0v) is 8.61. The van der Waals surface area contributed by atoms with E-state index >= 15 is 0 Å². The number of aryl methyl sites for hydroxylation is 1. The molecule has 1 aromatic heterocycles. The van der Waals surface area contributed by atoms with Crippen molar-refractivity contribution in [2.24, 2.45) is 7.05 Å². The molecule has 0 bridgehead atoms. The van der Waals surface area contributed by atoms with Gasteiger partial charge in [0.15, 0.2) is 5.82 Å². The van der Waals surface area contributed by atoms with Gasteiger partial charge in [-0.3, -0.25) is 9.78 Å². The van der Waals surface area contributed by atoms with E-state index in [0.29, 0.717) is 10.6 Å². The summed E-state index contributed by atoms with van der Waals surface area (Å²) in [5.74, 6) is -0.995. The first-order valence-corrected chi connectivity index (χ1v) is 4.57. The zero-order chi connectivity index (χ0) is 11.0. The van der Waals surface area contributed by atoms with Crippen molar-refractivity contribution < 1.29 is 8.78 Å². The third kappa shape index (κ3) is 1.80. The Balaban J connectivity index is 2.59. The average molecular weight is 227 g/mol. The highest BCUT2D eigenvalue weighted by Gasteiger charge is 2.09. The second-order valence-corrected chi connectivity index (χ2v) is 3.40. The van der Waals surface area contributed by atoms with E-state index in [1.165, 1.54) is 16.8 Å². The number of benzene rings is 1. The van der Waals surface area contributed by atoms with Crippen LogP contribution in [0.5, 0.6) is 0 Å². The lowest BCUT2D eigenvalue weighted by atomic mass is 10.2. The SMILES string of the molecule is Cn1[nH]c(-c2ccc(F)cc2F)nc1=S. The number of H-pyrrole nitrogens is 1. The maximum Gasteiger partial charge on any atom is 0.216 e. The third-order valence-electron chi connectivity index (χ3n) is 1.95. The zero-order valence-electron chi connectivity index (χ0n) is 7.79. The Morgan fingerprint density at radius 1 is 1.40 bits per heavy atom. The van der Waals surface area contributed by atoms with Crippen LogP contribution >= 0.6 is 12.2 Å². The predicted octanol–water partition coefficient (Wildman–Crippen LogP) is 2.42. The largest absolute Gasteiger partial charge is 0.279 e. The fourth-order valence-corrected chi connectivity index (χ4v) is 1.34. The predicted molar refractivity (Wildman–Crippen MR) is 53.7 cm³/mol. The van der Waals surface area contributed by atoms with E-state index in [1.54, 1.807) is 7.05 Å². The van der Waals surface area contributed by atoms with Crippen LogP contribution in [0.15, 0.2) is 18.2 Å². The van der Waals surface area contributed by atoms with Gasteiger partial charge >= 0.3 is 0 Å². The maximum absolute atomic E-state index is 13.3. The van der Waals surface area contributed by atoms with Crippen LogP contribution in [0.25, 0.3) is 11.4 Å². The van der Waals surface area contributed by atoms with Crippen LogP contribution in [-0.2, 0) is 7.05 Å². The minimum Gasteiger partial charge on any atom is -0.279 e. The number of rotatable bonds is 1. The lowest BCUT2D eigenvalue weighted by molar-refractivity contribution is 0.584. The Kier molecular flexibility index (Phi) is 2.36. The highest BCUT2D eigenvalue weighted by molar-refractivity contribution is 7.71. The number of halogens is 2. The summed E-state index contributed by atoms with van der Waals surface area (Å²) in [7, 11) is 1.67. The van der Waals surface area contributed by atoms with Crippen LogP contribution in [0.1, 0.15) is 0 Å². The molecule has 0 aliphatic rings. The van der Waals surface area contributed by atoms with Gasteiger partial charge < -0.3 is 0 Å². The monoisotopic (exact) mass is 227 g/mol. The maximum atomic E-state index is 13.3. The van der Waals surface area contributed by atoms with Gasteiger partial charge in [0.1, 0.15) is 11.6 Å². The number of hydrogen-bond acceptors (Lipinski definition) is 2. The Labute approximate surface area is 89.4 Å². The summed E-state index contributed by atoms with van der Waals surface area (Å²) in [6, 6.07) is 3.29. The summed E-state index contributed by atoms with van der Waals surface area (Å²) in [6.45, 7) is 0. The van der Waals surface area contributed by atoms with Gasteiger partial charge in [-0.1, -0.05) is 0 Å². The Hall–Kier alpha value is -1.56. The van der Waals surface area contributed by atoms with Crippen LogP contribution in [0.4, 0.5) is 8.78 Å². The number of hydrogen-bond donors (Lipinski definition) is 1. The third-order valence-corrected chi connectivity index (χ3v) is 2.32. The van der Waals surface area contributed by atoms with Crippen molar-refractivity contribution in [2.45, 2.75) is 0 Å². The summed E-state index contributed by atoms with van der Waals surface area (Å²) in [4.78, 5) is 3.93. The van der Waals surface area contributed by atoms with Crippen LogP contribution < -0.4 is 0 Å². The molecule has 0 spiro atoms. The minimum atomic E-state index is -0.667. The molecule has 0 saturated heterocycles. The van der Waals surface area contributed by atoms with Crippen LogP contribution in [-0.4, -0.2) is 14.8 Å². The van der Waals surface area contributed by atoms with Crippen LogP contribution in [0.3, 0.4) is 0 Å². The molecule has 0 fully saturated rings. The highest BCUT2D eigenvalue weighted by Crippen LogP contribution is 2.19. The van der Waals surface area contributed by atoms with E-state index in [2.05, 4.69) is 10.1 Å². The molecule has 6 heteroatoms. The first-order chi connectivity index (χ1) is 7.08. The van der Waals surface area contributed by atoms with E-state index in [-0.39, 0.29) is 5.56 Å². The summed E-state index contributed by atoms with van der Waals surface area (Å²) >= 11 is 4.87. The normalized spacial score (nSPS) is 10.6. The summed E-state index contributed by atoms with van der Waals surface area (Å²) in [5, 5.41) is 2.76. The number of aromatic amines is 1. The molecule has 3 nitrogen and oxygen atoms in total. The van der Waals surface area contributed by atoms with Gasteiger partial charge in [0.05, 0.1) is 5.56 Å². The van der Waals surface area contributed by atoms with E-state index in [1.807, 2.05) is 0 Å². The van der Waals surface area contributed by atoms with Crippen molar-refractivity contribution in [3.63, 3.8) is 0 Å². The standard InChI is InChI=1S/C9H7F2N3S/c1-14-9(15)12-8(13-14)6-3-2-5(10)4-7(6)11/h2-4H,1H3,(H,12,13,15). The fourth-order valence-electron chi connectivity index (χ4n) is 1.20. The molecule has 78 valence electrons. The first-order valence-electron chi connectivity index (χ1n) is 4.16. The molecule has 0 unspecified atom stereocenters. The lowest BCUT2D eigenvalue weighted by Crippen LogP contribution is -1.91. The second kappa shape index (κ2) is 3.54. The van der Waals surface area contributed by atoms with Gasteiger partial charge in [-0.25, -0.2) is 8.78 Å². The molecule has 2 aromatic rings. The first kappa shape index (κ1) is 9.97. The van der Waals surface area contributed by atoms with Gasteiger partial charge in [-0.15, -0.1) is 0 Å². The average Bonchev–Trinajstić information content (AvgIpc) is 2.46. The minimum absolute atomic E-state index is 0.197. The number of aromatic nitrogens is 3. The van der Waals surface area contributed by atoms with Crippen molar-refractivity contribution in [1.82, 2.24) is 14.8 Å². The summed E-state index contributed by atoms with van der Waals surface area (Å²) in [6.07, 6.45) is 0. The molecule has 1 heterocycles. The number of nitrogens with zero attached hydrogens (tertiary/aromatic N) is 2. The molecule has 2 rings (SSSR count). The lowest BCUT2D eigenvalue weighted by Gasteiger charge is -1.98. The van der Waals surface area contributed by atoms with E-state index in [4.69, 9.17) is 12.2 Å². The molecule has 1 aromatic carbocycles. The van der Waals surface area contributed by atoms with Crippen molar-refractivity contribution in [3.05, 3.63) is 34.6 Å². The molecule has 0 aliphatic carbocycles. The van der Waals surface area contributed by atoms with Crippen LogP contribution in [0, 0.1) is 16.4 Å². The molecule has 0 saturated carbocycles. The van der Waals surface area contributed by atoms with Gasteiger partial charge in [0, 0.05) is 13.1 Å². The Bertz CT molecular complexity index is 559. The molecule has 1 N–H and O–H groups in total. The quantitative estimate of drug-likeness (QED) is 0.759. The van der Waals surface area contributed by atoms with E-state index < -0.39 is 11.6 Å². The Morgan fingerprint density at radius 2 is 2.13 bits per heavy atom. The van der Waals surface area contributed by atoms with Crippen molar-refractivity contribution in [3.8, 4) is 11.4 Å². The molecule has 0 amide bonds. The molecular weight excluding hydrogens is 220 g/mol. The van der Waals surface area contributed by atoms with E-state index in [9.17, 15) is 8.78 Å². The second-order valence-electron chi connectivity index (χ2n) is 3.04. The van der Waals surface area contributed by atoms with Crippen molar-refractivity contribution >= 4 is 12.2 Å².